The van der Waals surface area contributed by atoms with Crippen molar-refractivity contribution in [3.8, 4) is 0 Å². The van der Waals surface area contributed by atoms with Crippen molar-refractivity contribution >= 4 is 23.5 Å². The van der Waals surface area contributed by atoms with Crippen LogP contribution >= 0.6 is 0 Å². The predicted octanol–water partition coefficient (Wildman–Crippen LogP) is 4.04. The lowest BCUT2D eigenvalue weighted by Gasteiger charge is -2.21. The third-order valence-electron chi connectivity index (χ3n) is 5.48. The standard InChI is InChI=1S/C24H27N5O5/c1-13-16-8-9-19(18(16)7-6-17(13)23(32)34-24(2,3)4)28-22(31)20-11-14(21(30)29-33)10-15(27-20)12-26-25-5/h6-7,11-12,19H,8-10H2,1-5H3,(H,28,31)/b15-12+,26-25?. The van der Waals surface area contributed by atoms with Crippen molar-refractivity contribution in [2.75, 3.05) is 7.05 Å². The van der Waals surface area contributed by atoms with Crippen LogP contribution in [0, 0.1) is 11.8 Å². The molecule has 1 heterocycles. The van der Waals surface area contributed by atoms with Crippen LogP contribution in [-0.4, -0.2) is 36.1 Å². The van der Waals surface area contributed by atoms with E-state index in [0.717, 1.165) is 16.7 Å². The number of esters is 1. The lowest BCUT2D eigenvalue weighted by molar-refractivity contribution is -0.115. The number of nitrogens with one attached hydrogen (secondary N) is 1. The molecular formula is C24H27N5O5. The molecule has 1 atom stereocenters. The van der Waals surface area contributed by atoms with Crippen molar-refractivity contribution in [2.24, 2.45) is 20.4 Å². The average molecular weight is 466 g/mol. The van der Waals surface area contributed by atoms with Crippen LogP contribution in [0.15, 0.2) is 56.1 Å². The van der Waals surface area contributed by atoms with Gasteiger partial charge in [0, 0.05) is 24.2 Å². The van der Waals surface area contributed by atoms with Gasteiger partial charge in [-0.15, -0.1) is 4.91 Å². The third kappa shape index (κ3) is 5.56. The Kier molecular flexibility index (Phi) is 7.29. The summed E-state index contributed by atoms with van der Waals surface area (Å²) in [6.07, 6.45) is 3.95. The zero-order valence-corrected chi connectivity index (χ0v) is 19.8. The molecule has 178 valence electrons. The molecule has 2 amide bonds. The lowest BCUT2D eigenvalue weighted by atomic mass is 9.97. The molecule has 2 aliphatic rings. The fraction of sp³-hybridized carbons (Fsp3) is 0.417. The highest BCUT2D eigenvalue weighted by Crippen LogP contribution is 2.35. The second-order valence-electron chi connectivity index (χ2n) is 9.05. The van der Waals surface area contributed by atoms with Crippen LogP contribution in [0.1, 0.15) is 66.7 Å². The number of ether oxygens (including phenoxy) is 1. The van der Waals surface area contributed by atoms with Gasteiger partial charge in [-0.05, 0) is 69.4 Å². The third-order valence-corrected chi connectivity index (χ3v) is 5.48. The number of carbonyl (C=O) groups is 3. The lowest BCUT2D eigenvalue weighted by Crippen LogP contribution is -2.34. The SMILES string of the molecule is CN=N/C=C1\CC(C(=O)N=O)=CC(C(=O)NC2CCc3c2ccc(C(=O)OC(C)(C)C)c3C)=N1. The van der Waals surface area contributed by atoms with Gasteiger partial charge in [-0.25, -0.2) is 9.79 Å². The highest BCUT2D eigenvalue weighted by atomic mass is 16.6. The largest absolute Gasteiger partial charge is 0.456 e. The molecule has 1 aromatic carbocycles. The number of hydrogen-bond acceptors (Lipinski definition) is 8. The number of fused-ring (bicyclic) bond motifs is 1. The second-order valence-corrected chi connectivity index (χ2v) is 9.05. The zero-order valence-electron chi connectivity index (χ0n) is 19.8. The summed E-state index contributed by atoms with van der Waals surface area (Å²) in [6.45, 7) is 7.33. The molecule has 0 saturated heterocycles. The normalized spacial score (nSPS) is 18.9. The number of benzene rings is 1. The molecule has 1 aliphatic heterocycles. The number of aliphatic imine (C=N–C) groups is 1. The van der Waals surface area contributed by atoms with Crippen LogP contribution in [-0.2, 0) is 20.7 Å². The van der Waals surface area contributed by atoms with E-state index in [4.69, 9.17) is 4.74 Å². The van der Waals surface area contributed by atoms with Gasteiger partial charge in [0.2, 0.25) is 0 Å². The number of azo groups is 1. The molecule has 1 aromatic rings. The first kappa shape index (κ1) is 24.8. The Balaban J connectivity index is 1.84. The first-order valence-corrected chi connectivity index (χ1v) is 10.9. The van der Waals surface area contributed by atoms with Crippen LogP contribution < -0.4 is 5.32 Å². The van der Waals surface area contributed by atoms with Crippen molar-refractivity contribution in [1.82, 2.24) is 5.32 Å². The van der Waals surface area contributed by atoms with Crippen LogP contribution in [0.3, 0.4) is 0 Å². The highest BCUT2D eigenvalue weighted by Gasteiger charge is 2.30. The summed E-state index contributed by atoms with van der Waals surface area (Å²) in [5, 5.41) is 12.7. The molecule has 0 fully saturated rings. The maximum atomic E-state index is 13.0. The van der Waals surface area contributed by atoms with Gasteiger partial charge in [0.1, 0.15) is 11.3 Å². The van der Waals surface area contributed by atoms with E-state index < -0.39 is 17.4 Å². The molecule has 0 spiro atoms. The van der Waals surface area contributed by atoms with Crippen LogP contribution in [0.25, 0.3) is 0 Å². The molecular weight excluding hydrogens is 438 g/mol. The van der Waals surface area contributed by atoms with E-state index in [1.165, 1.54) is 19.3 Å². The molecule has 0 bridgehead atoms. The van der Waals surface area contributed by atoms with E-state index in [1.807, 2.05) is 33.8 Å². The Morgan fingerprint density at radius 2 is 1.97 bits per heavy atom. The Labute approximate surface area is 197 Å². The topological polar surface area (TPSA) is 139 Å². The quantitative estimate of drug-likeness (QED) is 0.397. The van der Waals surface area contributed by atoms with Crippen LogP contribution in [0.5, 0.6) is 0 Å². The van der Waals surface area contributed by atoms with Crippen LogP contribution in [0.2, 0.25) is 0 Å². The Bertz CT molecular complexity index is 1170. The molecule has 0 saturated carbocycles. The maximum absolute atomic E-state index is 13.0. The minimum atomic E-state index is -0.962. The number of rotatable bonds is 5. The maximum Gasteiger partial charge on any atom is 0.338 e. The first-order chi connectivity index (χ1) is 16.0. The van der Waals surface area contributed by atoms with E-state index in [9.17, 15) is 19.3 Å². The Hall–Kier alpha value is -3.82. The number of allylic oxidation sites excluding steroid dienone is 1. The summed E-state index contributed by atoms with van der Waals surface area (Å²) in [5.74, 6) is -1.84. The van der Waals surface area contributed by atoms with Crippen molar-refractivity contribution in [2.45, 2.75) is 58.6 Å². The smallest absolute Gasteiger partial charge is 0.338 e. The van der Waals surface area contributed by atoms with Gasteiger partial charge in [-0.2, -0.15) is 10.2 Å². The number of dihydropyridines is 1. The minimum Gasteiger partial charge on any atom is -0.456 e. The van der Waals surface area contributed by atoms with Gasteiger partial charge in [0.25, 0.3) is 5.91 Å². The van der Waals surface area contributed by atoms with E-state index in [-0.39, 0.29) is 29.7 Å². The molecule has 0 aromatic heterocycles. The molecule has 1 aliphatic carbocycles. The summed E-state index contributed by atoms with van der Waals surface area (Å²) in [7, 11) is 1.47. The summed E-state index contributed by atoms with van der Waals surface area (Å²) in [4.78, 5) is 52.4. The van der Waals surface area contributed by atoms with E-state index in [1.54, 1.807) is 6.07 Å². The highest BCUT2D eigenvalue weighted by molar-refractivity contribution is 6.44. The number of amides is 2. The van der Waals surface area contributed by atoms with Crippen molar-refractivity contribution in [3.63, 3.8) is 0 Å². The number of carbonyl (C=O) groups excluding carboxylic acids is 3. The Morgan fingerprint density at radius 3 is 2.62 bits per heavy atom. The molecule has 10 heteroatoms. The fourth-order valence-corrected chi connectivity index (χ4v) is 3.97. The van der Waals surface area contributed by atoms with Gasteiger partial charge < -0.3 is 10.1 Å². The second kappa shape index (κ2) is 9.98. The van der Waals surface area contributed by atoms with E-state index in [2.05, 4.69) is 25.7 Å². The molecule has 10 nitrogen and oxygen atoms in total. The van der Waals surface area contributed by atoms with Gasteiger partial charge in [0.15, 0.2) is 0 Å². The molecule has 1 N–H and O–H groups in total. The molecule has 1 unspecified atom stereocenters. The van der Waals surface area contributed by atoms with Gasteiger partial charge >= 0.3 is 11.9 Å². The van der Waals surface area contributed by atoms with Crippen molar-refractivity contribution in [3.05, 3.63) is 62.8 Å². The van der Waals surface area contributed by atoms with Crippen molar-refractivity contribution < 1.29 is 19.1 Å². The fourth-order valence-electron chi connectivity index (χ4n) is 3.97. The zero-order chi connectivity index (χ0) is 25.0. The molecule has 3 rings (SSSR count). The number of nitroso groups, excluding NO2 is 1. The Morgan fingerprint density at radius 1 is 1.24 bits per heavy atom. The summed E-state index contributed by atoms with van der Waals surface area (Å²) < 4.78 is 5.50. The summed E-state index contributed by atoms with van der Waals surface area (Å²) in [6, 6.07) is 3.25. The monoisotopic (exact) mass is 465 g/mol. The average Bonchev–Trinajstić information content (AvgIpc) is 3.19. The minimum absolute atomic E-state index is 0.0219. The van der Waals surface area contributed by atoms with Crippen molar-refractivity contribution in [1.29, 1.82) is 0 Å². The molecule has 0 radical (unpaired) electrons. The summed E-state index contributed by atoms with van der Waals surface area (Å²) >= 11 is 0. The number of nitrogens with zero attached hydrogens (tertiary/aromatic N) is 4. The predicted molar refractivity (Wildman–Crippen MR) is 125 cm³/mol. The molecule has 34 heavy (non-hydrogen) atoms. The number of hydrogen-bond donors (Lipinski definition) is 1. The van der Waals surface area contributed by atoms with Gasteiger partial charge in [0.05, 0.1) is 23.5 Å². The van der Waals surface area contributed by atoms with E-state index in [0.29, 0.717) is 24.1 Å². The summed E-state index contributed by atoms with van der Waals surface area (Å²) in [5.41, 5.74) is 3.00. The van der Waals surface area contributed by atoms with Gasteiger partial charge in [-0.1, -0.05) is 6.07 Å². The van der Waals surface area contributed by atoms with E-state index >= 15 is 0 Å². The first-order valence-electron chi connectivity index (χ1n) is 10.9. The van der Waals surface area contributed by atoms with Gasteiger partial charge in [-0.3, -0.25) is 9.59 Å². The van der Waals surface area contributed by atoms with Crippen LogP contribution in [0.4, 0.5) is 0 Å².